The molecule has 92 valence electrons. The number of amides is 1. The summed E-state index contributed by atoms with van der Waals surface area (Å²) in [5.74, 6) is -0.217. The third kappa shape index (κ3) is 2.68. The first-order valence-electron chi connectivity index (χ1n) is 5.36. The van der Waals surface area contributed by atoms with Gasteiger partial charge in [0, 0.05) is 16.4 Å². The standard InChI is InChI=1S/C13H12BrN3O/c1-8-12(3-2-6-16-8)17-13(18)10-7-9(15)4-5-11(10)14/h2-7H,15H2,1H3,(H,17,18). The van der Waals surface area contributed by atoms with Crippen LogP contribution in [0.15, 0.2) is 41.0 Å². The van der Waals surface area contributed by atoms with Crippen molar-refractivity contribution < 1.29 is 4.79 Å². The molecular weight excluding hydrogens is 294 g/mol. The number of nitrogen functional groups attached to an aromatic ring is 1. The lowest BCUT2D eigenvalue weighted by Crippen LogP contribution is -2.14. The van der Waals surface area contributed by atoms with Gasteiger partial charge in [-0.25, -0.2) is 0 Å². The molecule has 1 amide bonds. The van der Waals surface area contributed by atoms with Crippen LogP contribution in [-0.2, 0) is 0 Å². The fourth-order valence-corrected chi connectivity index (χ4v) is 1.95. The van der Waals surface area contributed by atoms with Gasteiger partial charge < -0.3 is 11.1 Å². The van der Waals surface area contributed by atoms with Gasteiger partial charge in [0.2, 0.25) is 0 Å². The number of pyridine rings is 1. The van der Waals surface area contributed by atoms with Crippen molar-refractivity contribution in [1.29, 1.82) is 0 Å². The van der Waals surface area contributed by atoms with E-state index in [9.17, 15) is 4.79 Å². The van der Waals surface area contributed by atoms with Gasteiger partial charge in [0.05, 0.1) is 16.9 Å². The molecule has 1 heterocycles. The number of aromatic nitrogens is 1. The van der Waals surface area contributed by atoms with Crippen LogP contribution in [0.1, 0.15) is 16.1 Å². The molecule has 0 aliphatic heterocycles. The van der Waals surface area contributed by atoms with E-state index >= 15 is 0 Å². The van der Waals surface area contributed by atoms with Gasteiger partial charge in [-0.3, -0.25) is 9.78 Å². The number of nitrogens with one attached hydrogen (secondary N) is 1. The molecule has 0 aliphatic rings. The van der Waals surface area contributed by atoms with E-state index in [-0.39, 0.29) is 5.91 Å². The number of nitrogens with zero attached hydrogens (tertiary/aromatic N) is 1. The van der Waals surface area contributed by atoms with Crippen LogP contribution in [-0.4, -0.2) is 10.9 Å². The van der Waals surface area contributed by atoms with Crippen LogP contribution in [0.5, 0.6) is 0 Å². The van der Waals surface area contributed by atoms with Crippen molar-refractivity contribution in [3.8, 4) is 0 Å². The minimum absolute atomic E-state index is 0.217. The summed E-state index contributed by atoms with van der Waals surface area (Å²) in [6.07, 6.45) is 1.68. The number of hydrogen-bond acceptors (Lipinski definition) is 3. The van der Waals surface area contributed by atoms with E-state index in [1.165, 1.54) is 0 Å². The maximum absolute atomic E-state index is 12.1. The van der Waals surface area contributed by atoms with Gasteiger partial charge in [-0.1, -0.05) is 0 Å². The second-order valence-electron chi connectivity index (χ2n) is 3.83. The molecule has 5 heteroatoms. The normalized spacial score (nSPS) is 10.1. The zero-order valence-corrected chi connectivity index (χ0v) is 11.4. The van der Waals surface area contributed by atoms with Crippen molar-refractivity contribution in [3.63, 3.8) is 0 Å². The molecule has 3 N–H and O–H groups in total. The van der Waals surface area contributed by atoms with Crippen molar-refractivity contribution in [2.45, 2.75) is 6.92 Å². The second kappa shape index (κ2) is 5.18. The van der Waals surface area contributed by atoms with Crippen molar-refractivity contribution in [2.75, 3.05) is 11.1 Å². The lowest BCUT2D eigenvalue weighted by Gasteiger charge is -2.09. The predicted octanol–water partition coefficient (Wildman–Crippen LogP) is 2.99. The maximum atomic E-state index is 12.1. The molecule has 0 aliphatic carbocycles. The highest BCUT2D eigenvalue weighted by Crippen LogP contribution is 2.21. The lowest BCUT2D eigenvalue weighted by molar-refractivity contribution is 0.102. The van der Waals surface area contributed by atoms with Crippen LogP contribution in [0.25, 0.3) is 0 Å². The molecule has 4 nitrogen and oxygen atoms in total. The van der Waals surface area contributed by atoms with Crippen LogP contribution >= 0.6 is 15.9 Å². The van der Waals surface area contributed by atoms with Gasteiger partial charge in [0.1, 0.15) is 0 Å². The smallest absolute Gasteiger partial charge is 0.256 e. The maximum Gasteiger partial charge on any atom is 0.256 e. The summed E-state index contributed by atoms with van der Waals surface area (Å²) in [6, 6.07) is 8.69. The molecule has 0 saturated heterocycles. The third-order valence-corrected chi connectivity index (χ3v) is 3.18. The van der Waals surface area contributed by atoms with Gasteiger partial charge in [-0.2, -0.15) is 0 Å². The molecule has 2 rings (SSSR count). The molecule has 2 aromatic rings. The first-order chi connectivity index (χ1) is 8.58. The fourth-order valence-electron chi connectivity index (χ4n) is 1.52. The molecule has 1 aromatic carbocycles. The highest BCUT2D eigenvalue weighted by molar-refractivity contribution is 9.10. The van der Waals surface area contributed by atoms with E-state index in [0.717, 1.165) is 5.69 Å². The largest absolute Gasteiger partial charge is 0.399 e. The van der Waals surface area contributed by atoms with Crippen molar-refractivity contribution in [1.82, 2.24) is 4.98 Å². The molecule has 0 atom stereocenters. The Labute approximate surface area is 113 Å². The van der Waals surface area contributed by atoms with Crippen LogP contribution in [0.3, 0.4) is 0 Å². The van der Waals surface area contributed by atoms with Gasteiger partial charge >= 0.3 is 0 Å². The Bertz CT molecular complexity index is 599. The van der Waals surface area contributed by atoms with E-state index in [1.807, 2.05) is 6.92 Å². The van der Waals surface area contributed by atoms with Crippen LogP contribution in [0.2, 0.25) is 0 Å². The molecule has 0 radical (unpaired) electrons. The number of rotatable bonds is 2. The lowest BCUT2D eigenvalue weighted by atomic mass is 10.2. The summed E-state index contributed by atoms with van der Waals surface area (Å²) in [4.78, 5) is 16.2. The zero-order chi connectivity index (χ0) is 13.1. The highest BCUT2D eigenvalue weighted by atomic mass is 79.9. The first kappa shape index (κ1) is 12.6. The van der Waals surface area contributed by atoms with E-state index in [0.29, 0.717) is 21.4 Å². The number of carbonyl (C=O) groups excluding carboxylic acids is 1. The van der Waals surface area contributed by atoms with Crippen LogP contribution in [0, 0.1) is 6.92 Å². The third-order valence-electron chi connectivity index (χ3n) is 2.49. The van der Waals surface area contributed by atoms with Crippen molar-refractivity contribution in [3.05, 3.63) is 52.3 Å². The Morgan fingerprint density at radius 3 is 2.89 bits per heavy atom. The molecule has 0 bridgehead atoms. The molecule has 0 spiro atoms. The number of halogens is 1. The zero-order valence-electron chi connectivity index (χ0n) is 9.77. The molecule has 0 fully saturated rings. The first-order valence-corrected chi connectivity index (χ1v) is 6.15. The van der Waals surface area contributed by atoms with E-state index < -0.39 is 0 Å². The molecule has 1 aromatic heterocycles. The summed E-state index contributed by atoms with van der Waals surface area (Å²) in [5.41, 5.74) is 8.18. The Morgan fingerprint density at radius 2 is 2.17 bits per heavy atom. The summed E-state index contributed by atoms with van der Waals surface area (Å²) in [5, 5.41) is 2.81. The summed E-state index contributed by atoms with van der Waals surface area (Å²) in [6.45, 7) is 1.84. The van der Waals surface area contributed by atoms with Crippen molar-refractivity contribution >= 4 is 33.2 Å². The molecule has 0 saturated carbocycles. The Morgan fingerprint density at radius 1 is 1.39 bits per heavy atom. The number of anilines is 2. The van der Waals surface area contributed by atoms with Crippen LogP contribution < -0.4 is 11.1 Å². The second-order valence-corrected chi connectivity index (χ2v) is 4.68. The Kier molecular flexibility index (Phi) is 3.62. The Balaban J connectivity index is 2.28. The topological polar surface area (TPSA) is 68.0 Å². The average molecular weight is 306 g/mol. The molecular formula is C13H12BrN3O. The molecule has 0 unspecified atom stereocenters. The highest BCUT2D eigenvalue weighted by Gasteiger charge is 2.11. The van der Waals surface area contributed by atoms with Gasteiger partial charge in [0.25, 0.3) is 5.91 Å². The minimum atomic E-state index is -0.217. The number of carbonyl (C=O) groups is 1. The predicted molar refractivity (Wildman–Crippen MR) is 75.5 cm³/mol. The van der Waals surface area contributed by atoms with E-state index in [2.05, 4.69) is 26.2 Å². The quantitative estimate of drug-likeness (QED) is 0.838. The number of aryl methyl sites for hydroxylation is 1. The van der Waals surface area contributed by atoms with Gasteiger partial charge in [-0.15, -0.1) is 0 Å². The molecule has 18 heavy (non-hydrogen) atoms. The Hall–Kier alpha value is -1.88. The monoisotopic (exact) mass is 305 g/mol. The average Bonchev–Trinajstić information content (AvgIpc) is 2.35. The number of hydrogen-bond donors (Lipinski definition) is 2. The van der Waals surface area contributed by atoms with Gasteiger partial charge in [-0.05, 0) is 53.2 Å². The summed E-state index contributed by atoms with van der Waals surface area (Å²) < 4.78 is 0.704. The SMILES string of the molecule is Cc1ncccc1NC(=O)c1cc(N)ccc1Br. The fraction of sp³-hybridized carbons (Fsp3) is 0.0769. The minimum Gasteiger partial charge on any atom is -0.399 e. The van der Waals surface area contributed by atoms with Gasteiger partial charge in [0.15, 0.2) is 0 Å². The summed E-state index contributed by atoms with van der Waals surface area (Å²) >= 11 is 3.33. The van der Waals surface area contributed by atoms with Crippen molar-refractivity contribution in [2.24, 2.45) is 0 Å². The summed E-state index contributed by atoms with van der Waals surface area (Å²) in [7, 11) is 0. The van der Waals surface area contributed by atoms with E-state index in [4.69, 9.17) is 5.73 Å². The van der Waals surface area contributed by atoms with Crippen LogP contribution in [0.4, 0.5) is 11.4 Å². The van der Waals surface area contributed by atoms with E-state index in [1.54, 1.807) is 36.5 Å². The number of benzene rings is 1. The number of nitrogens with two attached hydrogens (primary N) is 1.